The molecule has 0 aliphatic carbocycles. The second-order valence-corrected chi connectivity index (χ2v) is 8.50. The number of imidazole rings is 1. The molecule has 3 heterocycles. The maximum atomic E-state index is 14.2. The zero-order valence-corrected chi connectivity index (χ0v) is 19.9. The summed E-state index contributed by atoms with van der Waals surface area (Å²) in [7, 11) is 2.80. The monoisotopic (exact) mass is 507 g/mol. The number of nitrogens with one attached hydrogen (secondary N) is 1. The molecule has 2 aromatic carbocycles. The molecule has 0 aliphatic heterocycles. The van der Waals surface area contributed by atoms with E-state index in [4.69, 9.17) is 0 Å². The van der Waals surface area contributed by atoms with Gasteiger partial charge in [0.05, 0.1) is 41.1 Å². The quantitative estimate of drug-likeness (QED) is 0.353. The molecule has 5 rings (SSSR count). The number of amides is 1. The van der Waals surface area contributed by atoms with Crippen LogP contribution in [0.25, 0.3) is 38.8 Å². The largest absolute Gasteiger partial charge is 0.453 e. The fraction of sp³-hybridized carbons (Fsp3) is 0.154. The SMILES string of the molecule is COC(=O)Nc1ccc(-c2ccc3ncc4c(c3c2)n(-c2ccc(F)c(C(C)(F)F)c2)c(=O)n4C)cn1. The van der Waals surface area contributed by atoms with E-state index >= 15 is 0 Å². The number of benzene rings is 2. The second kappa shape index (κ2) is 8.77. The predicted octanol–water partition coefficient (Wildman–Crippen LogP) is 5.37. The van der Waals surface area contributed by atoms with E-state index in [1.165, 1.54) is 28.5 Å². The number of hydrogen-bond acceptors (Lipinski definition) is 5. The van der Waals surface area contributed by atoms with Gasteiger partial charge in [-0.05, 0) is 48.0 Å². The van der Waals surface area contributed by atoms with E-state index < -0.39 is 29.1 Å². The molecule has 0 unspecified atom stereocenters. The summed E-state index contributed by atoms with van der Waals surface area (Å²) in [4.78, 5) is 33.3. The predicted molar refractivity (Wildman–Crippen MR) is 133 cm³/mol. The highest BCUT2D eigenvalue weighted by atomic mass is 19.3. The molecule has 11 heteroatoms. The third-order valence-electron chi connectivity index (χ3n) is 6.08. The van der Waals surface area contributed by atoms with Crippen LogP contribution in [-0.4, -0.2) is 32.3 Å². The number of carbonyl (C=O) groups excluding carboxylic acids is 1. The highest BCUT2D eigenvalue weighted by Crippen LogP contribution is 2.33. The molecule has 1 N–H and O–H groups in total. The molecule has 0 atom stereocenters. The van der Waals surface area contributed by atoms with Gasteiger partial charge < -0.3 is 4.74 Å². The van der Waals surface area contributed by atoms with Crippen molar-refractivity contribution in [2.24, 2.45) is 7.05 Å². The van der Waals surface area contributed by atoms with E-state index in [1.54, 1.807) is 31.4 Å². The van der Waals surface area contributed by atoms with Crippen molar-refractivity contribution in [3.8, 4) is 16.8 Å². The molecule has 0 fully saturated rings. The van der Waals surface area contributed by atoms with Crippen LogP contribution in [0.3, 0.4) is 0 Å². The normalized spacial score (nSPS) is 11.7. The summed E-state index contributed by atoms with van der Waals surface area (Å²) in [5.41, 5.74) is 1.73. The van der Waals surface area contributed by atoms with E-state index in [0.29, 0.717) is 40.2 Å². The summed E-state index contributed by atoms with van der Waals surface area (Å²) in [6, 6.07) is 12.0. The van der Waals surface area contributed by atoms with E-state index in [0.717, 1.165) is 17.7 Å². The first kappa shape index (κ1) is 24.0. The molecule has 3 aromatic heterocycles. The molecule has 1 amide bonds. The maximum Gasteiger partial charge on any atom is 0.412 e. The Bertz CT molecular complexity index is 1740. The highest BCUT2D eigenvalue weighted by molar-refractivity contribution is 6.04. The Morgan fingerprint density at radius 3 is 2.46 bits per heavy atom. The molecule has 188 valence electrons. The average Bonchev–Trinajstić information content (AvgIpc) is 3.14. The molecular weight excluding hydrogens is 487 g/mol. The van der Waals surface area contributed by atoms with Crippen molar-refractivity contribution in [2.75, 3.05) is 12.4 Å². The minimum absolute atomic E-state index is 0.103. The molecule has 0 spiro atoms. The smallest absolute Gasteiger partial charge is 0.412 e. The second-order valence-electron chi connectivity index (χ2n) is 8.50. The number of ether oxygens (including phenoxy) is 1. The Hall–Kier alpha value is -4.67. The summed E-state index contributed by atoms with van der Waals surface area (Å²) in [6.07, 6.45) is 2.45. The van der Waals surface area contributed by atoms with Gasteiger partial charge in [-0.2, -0.15) is 0 Å². The van der Waals surface area contributed by atoms with Gasteiger partial charge in [-0.15, -0.1) is 0 Å². The maximum absolute atomic E-state index is 14.2. The Morgan fingerprint density at radius 2 is 1.78 bits per heavy atom. The van der Waals surface area contributed by atoms with Crippen LogP contribution in [0.5, 0.6) is 0 Å². The number of rotatable bonds is 4. The fourth-order valence-electron chi connectivity index (χ4n) is 4.20. The number of hydrogen-bond donors (Lipinski definition) is 1. The van der Waals surface area contributed by atoms with Crippen LogP contribution >= 0.6 is 0 Å². The Balaban J connectivity index is 1.72. The number of aryl methyl sites for hydroxylation is 1. The zero-order chi connectivity index (χ0) is 26.5. The van der Waals surface area contributed by atoms with Crippen LogP contribution in [-0.2, 0) is 17.7 Å². The van der Waals surface area contributed by atoms with E-state index in [-0.39, 0.29) is 5.69 Å². The van der Waals surface area contributed by atoms with Gasteiger partial charge in [0.2, 0.25) is 0 Å². The van der Waals surface area contributed by atoms with Gasteiger partial charge in [0.25, 0.3) is 5.92 Å². The lowest BCUT2D eigenvalue weighted by atomic mass is 10.0. The Kier molecular flexibility index (Phi) is 5.70. The Morgan fingerprint density at radius 1 is 1.03 bits per heavy atom. The van der Waals surface area contributed by atoms with Gasteiger partial charge in [0.1, 0.15) is 11.6 Å². The molecule has 0 radical (unpaired) electrons. The van der Waals surface area contributed by atoms with Crippen molar-refractivity contribution >= 4 is 33.8 Å². The molecule has 0 saturated carbocycles. The lowest BCUT2D eigenvalue weighted by molar-refractivity contribution is 0.0137. The summed E-state index contributed by atoms with van der Waals surface area (Å²) >= 11 is 0. The number of fused-ring (bicyclic) bond motifs is 3. The molecule has 0 bridgehead atoms. The number of halogens is 3. The molecule has 0 aliphatic rings. The first-order valence-corrected chi connectivity index (χ1v) is 11.1. The van der Waals surface area contributed by atoms with Gasteiger partial charge in [-0.3, -0.25) is 19.4 Å². The van der Waals surface area contributed by atoms with Crippen LogP contribution in [0.2, 0.25) is 0 Å². The minimum Gasteiger partial charge on any atom is -0.453 e. The van der Waals surface area contributed by atoms with E-state index in [2.05, 4.69) is 20.0 Å². The van der Waals surface area contributed by atoms with Gasteiger partial charge in [0, 0.05) is 31.1 Å². The van der Waals surface area contributed by atoms with Crippen molar-refractivity contribution in [1.82, 2.24) is 19.1 Å². The van der Waals surface area contributed by atoms with Crippen LogP contribution < -0.4 is 11.0 Å². The summed E-state index contributed by atoms with van der Waals surface area (Å²) < 4.78 is 49.5. The molecule has 5 aromatic rings. The van der Waals surface area contributed by atoms with Gasteiger partial charge in [-0.1, -0.05) is 6.07 Å². The number of aromatic nitrogens is 4. The van der Waals surface area contributed by atoms with E-state index in [9.17, 15) is 22.8 Å². The van der Waals surface area contributed by atoms with Crippen LogP contribution in [0.4, 0.5) is 23.8 Å². The first-order valence-electron chi connectivity index (χ1n) is 11.1. The topological polar surface area (TPSA) is 91.0 Å². The number of alkyl halides is 2. The van der Waals surface area contributed by atoms with E-state index in [1.807, 2.05) is 12.1 Å². The minimum atomic E-state index is -3.44. The molecular formula is C26H20F3N5O3. The average molecular weight is 507 g/mol. The number of methoxy groups -OCH3 is 1. The summed E-state index contributed by atoms with van der Waals surface area (Å²) in [5.74, 6) is -4.19. The van der Waals surface area contributed by atoms with Gasteiger partial charge in [-0.25, -0.2) is 27.7 Å². The summed E-state index contributed by atoms with van der Waals surface area (Å²) in [5, 5.41) is 3.06. The van der Waals surface area contributed by atoms with Crippen molar-refractivity contribution in [3.63, 3.8) is 0 Å². The summed E-state index contributed by atoms with van der Waals surface area (Å²) in [6.45, 7) is 0.604. The number of carbonyl (C=O) groups is 1. The standard InChI is InChI=1S/C26H20F3N5O3/c1-26(28,29)18-11-16(6-7-19(18)27)34-23-17-10-14(15-5-9-22(31-12-15)32-24(35)37-3)4-8-20(17)30-13-21(23)33(2)25(34)36/h4-13H,1-3H3,(H,31,32,35). The lowest BCUT2D eigenvalue weighted by Crippen LogP contribution is -2.21. The van der Waals surface area contributed by atoms with Crippen molar-refractivity contribution in [2.45, 2.75) is 12.8 Å². The number of nitrogens with zero attached hydrogens (tertiary/aromatic N) is 4. The van der Waals surface area contributed by atoms with Gasteiger partial charge >= 0.3 is 11.8 Å². The molecule has 8 nitrogen and oxygen atoms in total. The molecule has 37 heavy (non-hydrogen) atoms. The lowest BCUT2D eigenvalue weighted by Gasteiger charge is -2.14. The Labute approximate surface area is 208 Å². The molecule has 0 saturated heterocycles. The first-order chi connectivity index (χ1) is 17.6. The van der Waals surface area contributed by atoms with Crippen molar-refractivity contribution < 1.29 is 22.7 Å². The fourth-order valence-corrected chi connectivity index (χ4v) is 4.20. The third kappa shape index (κ3) is 4.18. The van der Waals surface area contributed by atoms with Crippen molar-refractivity contribution in [1.29, 1.82) is 0 Å². The van der Waals surface area contributed by atoms with Crippen LogP contribution in [0.1, 0.15) is 12.5 Å². The third-order valence-corrected chi connectivity index (χ3v) is 6.08. The van der Waals surface area contributed by atoms with Gasteiger partial charge in [0.15, 0.2) is 0 Å². The number of pyridine rings is 2. The van der Waals surface area contributed by atoms with Crippen molar-refractivity contribution in [3.05, 3.63) is 82.8 Å². The zero-order valence-electron chi connectivity index (χ0n) is 19.9. The van der Waals surface area contributed by atoms with Crippen LogP contribution in [0, 0.1) is 5.82 Å². The van der Waals surface area contributed by atoms with Crippen LogP contribution in [0.15, 0.2) is 65.7 Å². The number of anilines is 1. The highest BCUT2D eigenvalue weighted by Gasteiger charge is 2.29.